The fourth-order valence-corrected chi connectivity index (χ4v) is 5.99. The van der Waals surface area contributed by atoms with Crippen molar-refractivity contribution in [2.24, 2.45) is 0 Å². The zero-order chi connectivity index (χ0) is 31.5. The predicted molar refractivity (Wildman–Crippen MR) is 190 cm³/mol. The molecule has 7 aromatic carbocycles. The van der Waals surface area contributed by atoms with E-state index >= 15 is 0 Å². The van der Waals surface area contributed by atoms with Crippen molar-refractivity contribution in [2.75, 3.05) is 5.73 Å². The molecule has 0 aliphatic rings. The monoisotopic (exact) mass is 590 g/mol. The average molecular weight is 591 g/mol. The first-order valence-corrected chi connectivity index (χ1v) is 15.2. The van der Waals surface area contributed by atoms with E-state index in [9.17, 15) is 10.4 Å². The number of phenols is 1. The van der Waals surface area contributed by atoms with E-state index in [1.54, 1.807) is 6.07 Å². The minimum absolute atomic E-state index is 0.266. The minimum Gasteiger partial charge on any atom is -0.507 e. The molecule has 3 nitrogen and oxygen atoms in total. The van der Waals surface area contributed by atoms with Crippen LogP contribution in [0, 0.1) is 11.3 Å². The van der Waals surface area contributed by atoms with Crippen molar-refractivity contribution in [1.82, 2.24) is 0 Å². The average Bonchev–Trinajstić information content (AvgIpc) is 3.12. The molecule has 0 heterocycles. The summed E-state index contributed by atoms with van der Waals surface area (Å²) in [5.41, 5.74) is 19.8. The first-order chi connectivity index (χ1) is 22.6. The van der Waals surface area contributed by atoms with Crippen LogP contribution in [0.25, 0.3) is 66.8 Å². The van der Waals surface area contributed by atoms with Gasteiger partial charge in [0.15, 0.2) is 0 Å². The Morgan fingerprint density at radius 3 is 1.24 bits per heavy atom. The Hall–Kier alpha value is -6.37. The Morgan fingerprint density at radius 2 is 0.761 bits per heavy atom. The zero-order valence-electron chi connectivity index (χ0n) is 25.1. The third-order valence-electron chi connectivity index (χ3n) is 8.33. The third-order valence-corrected chi connectivity index (χ3v) is 8.33. The number of aromatic hydroxyl groups is 1. The van der Waals surface area contributed by atoms with Gasteiger partial charge in [-0.05, 0) is 110 Å². The second-order valence-electron chi connectivity index (χ2n) is 11.3. The number of hydrogen-bond acceptors (Lipinski definition) is 3. The molecule has 0 aromatic heterocycles. The molecule has 0 atom stereocenters. The van der Waals surface area contributed by atoms with E-state index in [0.29, 0.717) is 5.56 Å². The molecular weight excluding hydrogens is 560 g/mol. The van der Waals surface area contributed by atoms with Crippen LogP contribution in [-0.2, 0) is 0 Å². The summed E-state index contributed by atoms with van der Waals surface area (Å²) >= 11 is 0. The van der Waals surface area contributed by atoms with Gasteiger partial charge >= 0.3 is 0 Å². The van der Waals surface area contributed by atoms with Gasteiger partial charge in [0.05, 0.1) is 11.6 Å². The molecule has 0 aliphatic carbocycles. The van der Waals surface area contributed by atoms with E-state index in [1.165, 1.54) is 0 Å². The zero-order valence-corrected chi connectivity index (χ0v) is 25.1. The van der Waals surface area contributed by atoms with E-state index in [2.05, 4.69) is 91.0 Å². The van der Waals surface area contributed by atoms with Crippen LogP contribution in [-0.4, -0.2) is 5.11 Å². The molecule has 0 bridgehead atoms. The van der Waals surface area contributed by atoms with Crippen LogP contribution in [0.15, 0.2) is 164 Å². The second kappa shape index (κ2) is 12.3. The number of nitrogens with zero attached hydrogens (tertiary/aromatic N) is 1. The Morgan fingerprint density at radius 1 is 0.391 bits per heavy atom. The maximum atomic E-state index is 10.4. The third kappa shape index (κ3) is 5.76. The number of nitriles is 1. The molecule has 7 rings (SSSR count). The molecule has 0 aliphatic heterocycles. The maximum absolute atomic E-state index is 10.4. The van der Waals surface area contributed by atoms with Crippen molar-refractivity contribution in [3.05, 3.63) is 169 Å². The van der Waals surface area contributed by atoms with Gasteiger partial charge in [-0.15, -0.1) is 0 Å². The van der Waals surface area contributed by atoms with Gasteiger partial charge in [-0.25, -0.2) is 0 Å². The summed E-state index contributed by atoms with van der Waals surface area (Å²) in [6.45, 7) is 0. The van der Waals surface area contributed by atoms with Crippen molar-refractivity contribution in [3.63, 3.8) is 0 Å². The molecule has 0 saturated carbocycles. The molecule has 0 spiro atoms. The van der Waals surface area contributed by atoms with Crippen LogP contribution in [0.1, 0.15) is 5.56 Å². The minimum atomic E-state index is 0.266. The van der Waals surface area contributed by atoms with Crippen molar-refractivity contribution < 1.29 is 5.11 Å². The largest absolute Gasteiger partial charge is 0.507 e. The van der Waals surface area contributed by atoms with Crippen molar-refractivity contribution >= 4 is 5.69 Å². The van der Waals surface area contributed by atoms with Crippen LogP contribution in [0.5, 0.6) is 5.75 Å². The normalized spacial score (nSPS) is 10.8. The predicted octanol–water partition coefficient (Wildman–Crippen LogP) is 10.8. The molecular formula is C43H30N2O. The van der Waals surface area contributed by atoms with Gasteiger partial charge in [0, 0.05) is 16.8 Å². The first-order valence-electron chi connectivity index (χ1n) is 15.2. The number of para-hydroxylation sites is 2. The van der Waals surface area contributed by atoms with Crippen LogP contribution >= 0.6 is 0 Å². The van der Waals surface area contributed by atoms with Gasteiger partial charge in [0.25, 0.3) is 0 Å². The molecule has 3 N–H and O–H groups in total. The Balaban J connectivity index is 1.24. The fourth-order valence-electron chi connectivity index (χ4n) is 5.99. The molecule has 0 fully saturated rings. The standard InChI is InChI=1S/C43H30N2O/c44-28-29-21-38(27-39(22-29)35-14-8-15-36(26-35)40-17-1-3-19-42(40)45)34-13-6-11-32(24-34)30-9-5-10-31(23-30)33-12-7-16-37(25-33)41-18-2-4-20-43(41)46/h1-27,46H,45H2. The van der Waals surface area contributed by atoms with E-state index in [-0.39, 0.29) is 5.75 Å². The van der Waals surface area contributed by atoms with E-state index in [0.717, 1.165) is 72.4 Å². The van der Waals surface area contributed by atoms with Crippen LogP contribution < -0.4 is 5.73 Å². The number of phenolic OH excluding ortho intramolecular Hbond substituents is 1. The summed E-state index contributed by atoms with van der Waals surface area (Å²) in [5.74, 6) is 0.266. The number of nitrogens with two attached hydrogens (primary N) is 1. The van der Waals surface area contributed by atoms with Crippen molar-refractivity contribution in [2.45, 2.75) is 0 Å². The molecule has 3 heteroatoms. The second-order valence-corrected chi connectivity index (χ2v) is 11.3. The lowest BCUT2D eigenvalue weighted by Crippen LogP contribution is -1.90. The highest BCUT2D eigenvalue weighted by Gasteiger charge is 2.11. The van der Waals surface area contributed by atoms with Crippen LogP contribution in [0.3, 0.4) is 0 Å². The highest BCUT2D eigenvalue weighted by Crippen LogP contribution is 2.36. The fraction of sp³-hybridized carbons (Fsp3) is 0. The summed E-state index contributed by atoms with van der Waals surface area (Å²) in [6, 6.07) is 57.1. The van der Waals surface area contributed by atoms with Crippen LogP contribution in [0.2, 0.25) is 0 Å². The Labute approximate surface area is 269 Å². The van der Waals surface area contributed by atoms with Gasteiger partial charge < -0.3 is 10.8 Å². The summed E-state index contributed by atoms with van der Waals surface area (Å²) in [7, 11) is 0. The van der Waals surface area contributed by atoms with Gasteiger partial charge in [-0.3, -0.25) is 0 Å². The molecule has 0 radical (unpaired) electrons. The molecule has 0 amide bonds. The maximum Gasteiger partial charge on any atom is 0.123 e. The lowest BCUT2D eigenvalue weighted by Gasteiger charge is -2.12. The topological polar surface area (TPSA) is 70.0 Å². The number of rotatable bonds is 6. The Bertz CT molecular complexity index is 2260. The van der Waals surface area contributed by atoms with E-state index in [1.807, 2.05) is 72.8 Å². The van der Waals surface area contributed by atoms with E-state index < -0.39 is 0 Å². The highest BCUT2D eigenvalue weighted by molar-refractivity contribution is 5.84. The number of hydrogen-bond donors (Lipinski definition) is 2. The smallest absolute Gasteiger partial charge is 0.123 e. The van der Waals surface area contributed by atoms with Gasteiger partial charge in [0.1, 0.15) is 5.75 Å². The molecule has 218 valence electrons. The highest BCUT2D eigenvalue weighted by atomic mass is 16.3. The quantitative estimate of drug-likeness (QED) is 0.189. The lowest BCUT2D eigenvalue weighted by atomic mass is 9.92. The molecule has 46 heavy (non-hydrogen) atoms. The van der Waals surface area contributed by atoms with Crippen molar-refractivity contribution in [1.29, 1.82) is 5.26 Å². The van der Waals surface area contributed by atoms with E-state index in [4.69, 9.17) is 5.73 Å². The lowest BCUT2D eigenvalue weighted by molar-refractivity contribution is 0.477. The number of benzene rings is 7. The summed E-state index contributed by atoms with van der Waals surface area (Å²) in [4.78, 5) is 0. The van der Waals surface area contributed by atoms with Gasteiger partial charge in [-0.2, -0.15) is 5.26 Å². The number of nitrogen functional groups attached to an aromatic ring is 1. The Kier molecular flexibility index (Phi) is 7.61. The molecule has 0 unspecified atom stereocenters. The summed E-state index contributed by atoms with van der Waals surface area (Å²) in [5, 5.41) is 20.3. The SMILES string of the molecule is N#Cc1cc(-c2cccc(-c3cccc(-c4cccc(-c5ccccc5O)c4)c3)c2)cc(-c2cccc(-c3ccccc3N)c2)c1. The van der Waals surface area contributed by atoms with Crippen molar-refractivity contribution in [3.8, 4) is 78.6 Å². The summed E-state index contributed by atoms with van der Waals surface area (Å²) < 4.78 is 0. The summed E-state index contributed by atoms with van der Waals surface area (Å²) in [6.07, 6.45) is 0. The first kappa shape index (κ1) is 28.4. The molecule has 7 aromatic rings. The number of anilines is 1. The van der Waals surface area contributed by atoms with Gasteiger partial charge in [-0.1, -0.05) is 109 Å². The molecule has 0 saturated heterocycles. The van der Waals surface area contributed by atoms with Gasteiger partial charge in [0.2, 0.25) is 0 Å². The van der Waals surface area contributed by atoms with Crippen LogP contribution in [0.4, 0.5) is 5.69 Å².